The predicted molar refractivity (Wildman–Crippen MR) is 42.8 cm³/mol. The van der Waals surface area contributed by atoms with E-state index in [1.165, 1.54) is 0 Å². The lowest BCUT2D eigenvalue weighted by Crippen LogP contribution is -2.35. The Labute approximate surface area is 58.8 Å². The van der Waals surface area contributed by atoms with Gasteiger partial charge in [-0.1, -0.05) is 4.21 Å². The van der Waals surface area contributed by atoms with Crippen molar-refractivity contribution >= 4 is 10.1 Å². The standard InChI is InChI=1S/C6H16NOS/c1-6(2)7(3)9(4,5)8/h6H,1-5H3/q+1. The van der Waals surface area contributed by atoms with Crippen molar-refractivity contribution in [1.29, 1.82) is 0 Å². The Morgan fingerprint density at radius 1 is 1.33 bits per heavy atom. The number of hydrogen-bond acceptors (Lipinski definition) is 1. The molecule has 0 aliphatic heterocycles. The van der Waals surface area contributed by atoms with E-state index >= 15 is 0 Å². The van der Waals surface area contributed by atoms with Gasteiger partial charge in [0.15, 0.2) is 10.1 Å². The molecule has 0 aliphatic carbocycles. The molecule has 0 spiro atoms. The third-order valence-corrected chi connectivity index (χ3v) is 3.23. The van der Waals surface area contributed by atoms with E-state index in [-0.39, 0.29) is 0 Å². The van der Waals surface area contributed by atoms with Gasteiger partial charge in [0.2, 0.25) is 0 Å². The summed E-state index contributed by atoms with van der Waals surface area (Å²) in [5, 5.41) is 0. The van der Waals surface area contributed by atoms with E-state index < -0.39 is 10.1 Å². The lowest BCUT2D eigenvalue weighted by Gasteiger charge is -2.18. The molecule has 0 heterocycles. The molecule has 0 N–H and O–H groups in total. The molecule has 0 aliphatic rings. The van der Waals surface area contributed by atoms with Gasteiger partial charge in [0, 0.05) is 13.1 Å². The molecule has 0 bridgehead atoms. The van der Waals surface area contributed by atoms with Gasteiger partial charge in [-0.25, -0.2) is 0 Å². The van der Waals surface area contributed by atoms with Gasteiger partial charge in [-0.15, -0.1) is 4.31 Å². The van der Waals surface area contributed by atoms with Crippen LogP contribution in [0.15, 0.2) is 0 Å². The second kappa shape index (κ2) is 2.80. The summed E-state index contributed by atoms with van der Waals surface area (Å²) in [4.78, 5) is 0. The Bertz CT molecular complexity index is 127. The molecule has 0 aromatic carbocycles. The summed E-state index contributed by atoms with van der Waals surface area (Å²) < 4.78 is 13.1. The van der Waals surface area contributed by atoms with Crippen molar-refractivity contribution in [3.05, 3.63) is 0 Å². The maximum atomic E-state index is 11.3. The van der Waals surface area contributed by atoms with Crippen LogP contribution in [0.1, 0.15) is 13.8 Å². The highest BCUT2D eigenvalue weighted by Crippen LogP contribution is 2.05. The van der Waals surface area contributed by atoms with E-state index in [4.69, 9.17) is 0 Å². The summed E-state index contributed by atoms with van der Waals surface area (Å²) in [6.45, 7) is 4.07. The second-order valence-corrected chi connectivity index (χ2v) is 5.76. The SMILES string of the molecule is CC(C)N(C)[S+](C)(C)=O. The number of hydrogen-bond donors (Lipinski definition) is 0. The van der Waals surface area contributed by atoms with Crippen LogP contribution in [-0.2, 0) is 14.3 Å². The van der Waals surface area contributed by atoms with Crippen LogP contribution < -0.4 is 0 Å². The minimum Gasteiger partial charge on any atom is -0.126 e. The lowest BCUT2D eigenvalue weighted by atomic mass is 10.4. The molecule has 0 amide bonds. The van der Waals surface area contributed by atoms with Crippen molar-refractivity contribution in [2.75, 3.05) is 19.6 Å². The highest BCUT2D eigenvalue weighted by molar-refractivity contribution is 7.99. The molecule has 56 valence electrons. The van der Waals surface area contributed by atoms with Crippen molar-refractivity contribution in [3.8, 4) is 0 Å². The average Bonchev–Trinajstić information content (AvgIpc) is 1.62. The minimum absolute atomic E-state index is 0.368. The average molecular weight is 150 g/mol. The van der Waals surface area contributed by atoms with Crippen molar-refractivity contribution in [2.24, 2.45) is 0 Å². The van der Waals surface area contributed by atoms with E-state index in [0.29, 0.717) is 6.04 Å². The Kier molecular flexibility index (Phi) is 2.83. The van der Waals surface area contributed by atoms with E-state index in [0.717, 1.165) is 0 Å². The summed E-state index contributed by atoms with van der Waals surface area (Å²) in [7, 11) is 0.163. The zero-order valence-electron chi connectivity index (χ0n) is 6.84. The molecular formula is C6H16NOS+. The molecule has 0 aromatic heterocycles. The third kappa shape index (κ3) is 2.96. The zero-order chi connectivity index (χ0) is 7.65. The summed E-state index contributed by atoms with van der Waals surface area (Å²) >= 11 is 0. The molecule has 0 atom stereocenters. The van der Waals surface area contributed by atoms with E-state index in [1.54, 1.807) is 12.5 Å². The Morgan fingerprint density at radius 3 is 1.67 bits per heavy atom. The van der Waals surface area contributed by atoms with Crippen LogP contribution in [0.5, 0.6) is 0 Å². The maximum Gasteiger partial charge on any atom is 0.152 e. The van der Waals surface area contributed by atoms with Crippen molar-refractivity contribution in [3.63, 3.8) is 0 Å². The predicted octanol–water partition coefficient (Wildman–Crippen LogP) is 1.00. The quantitative estimate of drug-likeness (QED) is 0.538. The third-order valence-electron chi connectivity index (χ3n) is 1.42. The largest absolute Gasteiger partial charge is 0.152 e. The molecule has 0 aromatic rings. The Hall–Kier alpha value is 0.110. The van der Waals surface area contributed by atoms with Gasteiger partial charge in [0.05, 0.1) is 0 Å². The number of nitrogens with zero attached hydrogens (tertiary/aromatic N) is 1. The van der Waals surface area contributed by atoms with E-state index in [2.05, 4.69) is 0 Å². The van der Waals surface area contributed by atoms with Crippen LogP contribution in [0.25, 0.3) is 0 Å². The lowest BCUT2D eigenvalue weighted by molar-refractivity contribution is 0.426. The highest BCUT2D eigenvalue weighted by atomic mass is 32.3. The molecular weight excluding hydrogens is 134 g/mol. The van der Waals surface area contributed by atoms with Crippen molar-refractivity contribution in [1.82, 2.24) is 4.31 Å². The zero-order valence-corrected chi connectivity index (χ0v) is 7.66. The Morgan fingerprint density at radius 2 is 1.67 bits per heavy atom. The van der Waals surface area contributed by atoms with Gasteiger partial charge in [-0.3, -0.25) is 0 Å². The topological polar surface area (TPSA) is 20.3 Å². The van der Waals surface area contributed by atoms with E-state index in [1.807, 2.05) is 25.2 Å². The van der Waals surface area contributed by atoms with Crippen LogP contribution in [0, 0.1) is 0 Å². The first-order valence-electron chi connectivity index (χ1n) is 3.03. The minimum atomic E-state index is -1.72. The molecule has 2 nitrogen and oxygen atoms in total. The first kappa shape index (κ1) is 9.11. The molecule has 0 radical (unpaired) electrons. The molecule has 3 heteroatoms. The summed E-state index contributed by atoms with van der Waals surface area (Å²) in [6, 6.07) is 0.368. The van der Waals surface area contributed by atoms with Crippen LogP contribution >= 0.6 is 0 Å². The van der Waals surface area contributed by atoms with Gasteiger partial charge in [-0.05, 0) is 13.8 Å². The van der Waals surface area contributed by atoms with Crippen LogP contribution in [-0.4, -0.2) is 29.9 Å². The van der Waals surface area contributed by atoms with E-state index in [9.17, 15) is 4.21 Å². The number of rotatable bonds is 2. The van der Waals surface area contributed by atoms with Gasteiger partial charge >= 0.3 is 0 Å². The molecule has 0 saturated heterocycles. The van der Waals surface area contributed by atoms with Crippen molar-refractivity contribution in [2.45, 2.75) is 19.9 Å². The summed E-state index contributed by atoms with van der Waals surface area (Å²) in [6.07, 6.45) is 3.51. The summed E-state index contributed by atoms with van der Waals surface area (Å²) in [5.74, 6) is 0. The monoisotopic (exact) mass is 150 g/mol. The van der Waals surface area contributed by atoms with Gasteiger partial charge in [-0.2, -0.15) is 0 Å². The van der Waals surface area contributed by atoms with Gasteiger partial charge in [0.25, 0.3) is 0 Å². The molecule has 0 fully saturated rings. The molecule has 9 heavy (non-hydrogen) atoms. The van der Waals surface area contributed by atoms with Crippen LogP contribution in [0.2, 0.25) is 0 Å². The van der Waals surface area contributed by atoms with Crippen LogP contribution in [0.4, 0.5) is 0 Å². The normalized spacial score (nSPS) is 13.2. The first-order chi connectivity index (χ1) is 3.85. The van der Waals surface area contributed by atoms with Crippen LogP contribution in [0.3, 0.4) is 0 Å². The fraction of sp³-hybridized carbons (Fsp3) is 1.00. The van der Waals surface area contributed by atoms with Crippen molar-refractivity contribution < 1.29 is 4.21 Å². The van der Waals surface area contributed by atoms with Gasteiger partial charge in [0.1, 0.15) is 12.5 Å². The first-order valence-corrected chi connectivity index (χ1v) is 5.36. The summed E-state index contributed by atoms with van der Waals surface area (Å²) in [5.41, 5.74) is 0. The molecule has 0 unspecified atom stereocenters. The maximum absolute atomic E-state index is 11.3. The molecule has 0 rings (SSSR count). The van der Waals surface area contributed by atoms with Gasteiger partial charge < -0.3 is 0 Å². The highest BCUT2D eigenvalue weighted by Gasteiger charge is 2.22. The molecule has 0 saturated carbocycles. The fourth-order valence-corrected chi connectivity index (χ4v) is 1.52. The smallest absolute Gasteiger partial charge is 0.126 e. The second-order valence-electron chi connectivity index (χ2n) is 2.82. The Balaban J connectivity index is 4.05. The fourth-order valence-electron chi connectivity index (χ4n) is 0.508.